The first-order chi connectivity index (χ1) is 8.50. The second kappa shape index (κ2) is 5.86. The summed E-state index contributed by atoms with van der Waals surface area (Å²) >= 11 is 0. The maximum atomic E-state index is 12.4. The van der Waals surface area contributed by atoms with Crippen molar-refractivity contribution in [1.82, 2.24) is 13.9 Å². The number of hydrogen-bond donors (Lipinski definition) is 1. The van der Waals surface area contributed by atoms with E-state index in [0.717, 1.165) is 32.2 Å². The van der Waals surface area contributed by atoms with E-state index in [1.807, 2.05) is 0 Å². The van der Waals surface area contributed by atoms with Gasteiger partial charge in [0.05, 0.1) is 0 Å². The van der Waals surface area contributed by atoms with Gasteiger partial charge in [0, 0.05) is 32.7 Å². The third-order valence-corrected chi connectivity index (χ3v) is 5.90. The van der Waals surface area contributed by atoms with Gasteiger partial charge in [-0.3, -0.25) is 0 Å². The highest BCUT2D eigenvalue weighted by molar-refractivity contribution is 7.86. The largest absolute Gasteiger partial charge is 0.313 e. The molecule has 2 unspecified atom stereocenters. The van der Waals surface area contributed by atoms with Gasteiger partial charge in [0.15, 0.2) is 0 Å². The fourth-order valence-electron chi connectivity index (χ4n) is 2.87. The topological polar surface area (TPSA) is 52.7 Å². The molecule has 2 aliphatic rings. The molecule has 2 heterocycles. The first kappa shape index (κ1) is 14.2. The Morgan fingerprint density at radius 1 is 1.33 bits per heavy atom. The third kappa shape index (κ3) is 3.23. The van der Waals surface area contributed by atoms with Crippen LogP contribution in [0.5, 0.6) is 0 Å². The van der Waals surface area contributed by atoms with E-state index in [2.05, 4.69) is 12.2 Å². The second-order valence-electron chi connectivity index (χ2n) is 5.69. The van der Waals surface area contributed by atoms with Gasteiger partial charge in [-0.05, 0) is 38.1 Å². The van der Waals surface area contributed by atoms with Crippen LogP contribution < -0.4 is 5.32 Å². The van der Waals surface area contributed by atoms with E-state index >= 15 is 0 Å². The molecule has 2 aliphatic heterocycles. The summed E-state index contributed by atoms with van der Waals surface area (Å²) in [5.74, 6) is 0.478. The molecule has 0 aromatic rings. The average Bonchev–Trinajstić information content (AvgIpc) is 2.81. The van der Waals surface area contributed by atoms with Gasteiger partial charge in [-0.25, -0.2) is 0 Å². The molecule has 2 rings (SSSR count). The number of nitrogens with zero attached hydrogens (tertiary/aromatic N) is 2. The fraction of sp³-hybridized carbons (Fsp3) is 1.00. The van der Waals surface area contributed by atoms with Gasteiger partial charge in [-0.15, -0.1) is 0 Å². The highest BCUT2D eigenvalue weighted by atomic mass is 32.2. The summed E-state index contributed by atoms with van der Waals surface area (Å²) < 4.78 is 28.1. The summed E-state index contributed by atoms with van der Waals surface area (Å²) in [5.41, 5.74) is 0. The van der Waals surface area contributed by atoms with Crippen LogP contribution >= 0.6 is 0 Å². The maximum Gasteiger partial charge on any atom is 0.281 e. The predicted molar refractivity (Wildman–Crippen MR) is 72.5 cm³/mol. The Morgan fingerprint density at radius 3 is 2.72 bits per heavy atom. The van der Waals surface area contributed by atoms with Crippen molar-refractivity contribution in [3.63, 3.8) is 0 Å². The molecule has 2 atom stereocenters. The summed E-state index contributed by atoms with van der Waals surface area (Å²) in [7, 11) is -1.55. The average molecular weight is 275 g/mol. The third-order valence-electron chi connectivity index (χ3n) is 3.98. The lowest BCUT2D eigenvalue weighted by Crippen LogP contribution is -2.49. The monoisotopic (exact) mass is 275 g/mol. The highest BCUT2D eigenvalue weighted by Gasteiger charge is 2.31. The van der Waals surface area contributed by atoms with Crippen LogP contribution in [-0.4, -0.2) is 56.3 Å². The summed E-state index contributed by atoms with van der Waals surface area (Å²) in [5, 5.41) is 3.35. The molecule has 0 saturated carbocycles. The SMILES string of the molecule is CC1CCCN(S(=O)(=O)N(C)CC2CCCN2)C1. The van der Waals surface area contributed by atoms with Crippen LogP contribution in [0.4, 0.5) is 0 Å². The number of rotatable bonds is 4. The highest BCUT2D eigenvalue weighted by Crippen LogP contribution is 2.20. The van der Waals surface area contributed by atoms with E-state index in [-0.39, 0.29) is 0 Å². The van der Waals surface area contributed by atoms with E-state index in [0.29, 0.717) is 31.6 Å². The van der Waals surface area contributed by atoms with Crippen LogP contribution in [0, 0.1) is 5.92 Å². The number of hydrogen-bond acceptors (Lipinski definition) is 3. The van der Waals surface area contributed by atoms with Gasteiger partial charge in [-0.1, -0.05) is 6.92 Å². The zero-order valence-corrected chi connectivity index (χ0v) is 12.2. The summed E-state index contributed by atoms with van der Waals surface area (Å²) in [6, 6.07) is 0.326. The molecule has 0 bridgehead atoms. The predicted octanol–water partition coefficient (Wildman–Crippen LogP) is 0.647. The van der Waals surface area contributed by atoms with Crippen molar-refractivity contribution in [2.45, 2.75) is 38.6 Å². The van der Waals surface area contributed by atoms with Gasteiger partial charge in [0.2, 0.25) is 0 Å². The van der Waals surface area contributed by atoms with Crippen molar-refractivity contribution in [3.8, 4) is 0 Å². The van der Waals surface area contributed by atoms with Gasteiger partial charge >= 0.3 is 0 Å². The molecular formula is C12H25N3O2S. The van der Waals surface area contributed by atoms with Crippen molar-refractivity contribution in [1.29, 1.82) is 0 Å². The zero-order chi connectivity index (χ0) is 13.2. The summed E-state index contributed by atoms with van der Waals surface area (Å²) in [4.78, 5) is 0. The molecule has 2 saturated heterocycles. The number of piperidine rings is 1. The smallest absolute Gasteiger partial charge is 0.281 e. The summed E-state index contributed by atoms with van der Waals surface area (Å²) in [6.07, 6.45) is 4.35. The van der Waals surface area contributed by atoms with Crippen molar-refractivity contribution in [2.24, 2.45) is 5.92 Å². The van der Waals surface area contributed by atoms with Crippen LogP contribution in [0.3, 0.4) is 0 Å². The van der Waals surface area contributed by atoms with Crippen molar-refractivity contribution in [3.05, 3.63) is 0 Å². The quantitative estimate of drug-likeness (QED) is 0.819. The van der Waals surface area contributed by atoms with Crippen molar-refractivity contribution in [2.75, 3.05) is 33.2 Å². The normalized spacial score (nSPS) is 31.1. The second-order valence-corrected chi connectivity index (χ2v) is 7.72. The molecule has 0 amide bonds. The zero-order valence-electron chi connectivity index (χ0n) is 11.4. The Kier molecular flexibility index (Phi) is 4.64. The van der Waals surface area contributed by atoms with Crippen LogP contribution in [-0.2, 0) is 10.2 Å². The Balaban J connectivity index is 1.95. The number of likely N-dealkylation sites (N-methyl/N-ethyl adjacent to an activating group) is 1. The minimum atomic E-state index is -3.26. The van der Waals surface area contributed by atoms with Crippen LogP contribution in [0.1, 0.15) is 32.6 Å². The van der Waals surface area contributed by atoms with Gasteiger partial charge in [0.25, 0.3) is 10.2 Å². The fourth-order valence-corrected chi connectivity index (χ4v) is 4.44. The van der Waals surface area contributed by atoms with E-state index in [4.69, 9.17) is 0 Å². The van der Waals surface area contributed by atoms with Gasteiger partial charge in [-0.2, -0.15) is 17.0 Å². The molecule has 1 N–H and O–H groups in total. The van der Waals surface area contributed by atoms with Crippen molar-refractivity contribution >= 4 is 10.2 Å². The van der Waals surface area contributed by atoms with E-state index < -0.39 is 10.2 Å². The minimum Gasteiger partial charge on any atom is -0.313 e. The van der Waals surface area contributed by atoms with Gasteiger partial charge in [0.1, 0.15) is 0 Å². The molecule has 106 valence electrons. The molecule has 0 aliphatic carbocycles. The molecule has 2 fully saturated rings. The minimum absolute atomic E-state index is 0.326. The van der Waals surface area contributed by atoms with E-state index in [1.54, 1.807) is 11.4 Å². The summed E-state index contributed by atoms with van der Waals surface area (Å²) in [6.45, 7) is 5.08. The Morgan fingerprint density at radius 2 is 2.11 bits per heavy atom. The van der Waals surface area contributed by atoms with Crippen LogP contribution in [0.15, 0.2) is 0 Å². The molecule has 5 nitrogen and oxygen atoms in total. The molecule has 18 heavy (non-hydrogen) atoms. The first-order valence-corrected chi connectivity index (χ1v) is 8.34. The maximum absolute atomic E-state index is 12.4. The van der Waals surface area contributed by atoms with Crippen LogP contribution in [0.2, 0.25) is 0 Å². The molecular weight excluding hydrogens is 250 g/mol. The van der Waals surface area contributed by atoms with Crippen molar-refractivity contribution < 1.29 is 8.42 Å². The molecule has 0 radical (unpaired) electrons. The van der Waals surface area contributed by atoms with E-state index in [9.17, 15) is 8.42 Å². The van der Waals surface area contributed by atoms with E-state index in [1.165, 1.54) is 4.31 Å². The Bertz CT molecular complexity index is 366. The number of nitrogens with one attached hydrogen (secondary N) is 1. The molecule has 0 spiro atoms. The lowest BCUT2D eigenvalue weighted by atomic mass is 10.0. The Hall–Kier alpha value is -0.170. The molecule has 0 aromatic heterocycles. The molecule has 6 heteroatoms. The standard InChI is InChI=1S/C12H25N3O2S/c1-11-5-4-8-15(9-11)18(16,17)14(2)10-12-6-3-7-13-12/h11-13H,3-10H2,1-2H3. The molecule has 0 aromatic carbocycles. The Labute approximate surface area is 111 Å². The van der Waals surface area contributed by atoms with Gasteiger partial charge < -0.3 is 5.32 Å². The first-order valence-electron chi connectivity index (χ1n) is 6.95. The lowest BCUT2D eigenvalue weighted by Gasteiger charge is -2.33. The van der Waals surface area contributed by atoms with Crippen LogP contribution in [0.25, 0.3) is 0 Å². The lowest BCUT2D eigenvalue weighted by molar-refractivity contribution is 0.261.